The molecule has 1 aliphatic rings. The summed E-state index contributed by atoms with van der Waals surface area (Å²) in [6, 6.07) is 0.829. The molecule has 1 aliphatic carbocycles. The number of rotatable bonds is 7. The molecule has 0 radical (unpaired) electrons. The molecule has 1 saturated carbocycles. The third kappa shape index (κ3) is 3.30. The molecule has 1 unspecified atom stereocenters. The monoisotopic (exact) mass is 183 g/mol. The molecular weight excluding hydrogens is 158 g/mol. The maximum atomic E-state index is 3.73. The Bertz CT molecular complexity index is 125. The lowest BCUT2D eigenvalue weighted by atomic mass is 9.90. The second-order valence-electron chi connectivity index (χ2n) is 4.39. The summed E-state index contributed by atoms with van der Waals surface area (Å²) < 4.78 is 0. The minimum atomic E-state index is 0.829. The molecule has 1 heteroatoms. The van der Waals surface area contributed by atoms with E-state index in [-0.39, 0.29) is 0 Å². The summed E-state index contributed by atoms with van der Waals surface area (Å²) in [4.78, 5) is 0. The van der Waals surface area contributed by atoms with Crippen molar-refractivity contribution in [3.63, 3.8) is 0 Å². The van der Waals surface area contributed by atoms with E-state index in [1.165, 1.54) is 38.6 Å². The second kappa shape index (κ2) is 5.64. The molecule has 0 aromatic carbocycles. The first-order chi connectivity index (χ1) is 6.33. The molecule has 1 nitrogen and oxygen atoms in total. The first-order valence-corrected chi connectivity index (χ1v) is 6.06. The Morgan fingerprint density at radius 1 is 1.15 bits per heavy atom. The zero-order valence-electron chi connectivity index (χ0n) is 9.47. The lowest BCUT2D eigenvalue weighted by Crippen LogP contribution is -2.38. The molecule has 0 aromatic rings. The third-order valence-corrected chi connectivity index (χ3v) is 3.32. The highest BCUT2D eigenvalue weighted by atomic mass is 14.9. The number of nitrogens with one attached hydrogen (secondary N) is 1. The summed E-state index contributed by atoms with van der Waals surface area (Å²) in [5.41, 5.74) is 0. The lowest BCUT2D eigenvalue weighted by molar-refractivity contribution is 0.304. The average Bonchev–Trinajstić information content (AvgIpc) is 2.95. The van der Waals surface area contributed by atoms with Crippen LogP contribution in [-0.2, 0) is 0 Å². The molecule has 0 amide bonds. The molecule has 0 bridgehead atoms. The van der Waals surface area contributed by atoms with E-state index in [2.05, 4.69) is 26.1 Å². The lowest BCUT2D eigenvalue weighted by Gasteiger charge is -2.26. The van der Waals surface area contributed by atoms with E-state index < -0.39 is 0 Å². The quantitative estimate of drug-likeness (QED) is 0.639. The van der Waals surface area contributed by atoms with E-state index in [4.69, 9.17) is 0 Å². The van der Waals surface area contributed by atoms with Gasteiger partial charge in [0.15, 0.2) is 0 Å². The molecule has 0 aliphatic heterocycles. The summed E-state index contributed by atoms with van der Waals surface area (Å²) in [5.74, 6) is 1.93. The molecule has 1 rings (SSSR count). The molecule has 0 saturated heterocycles. The van der Waals surface area contributed by atoms with Gasteiger partial charge in [-0.2, -0.15) is 0 Å². The molecule has 0 aromatic heterocycles. The standard InChI is InChI=1S/C12H25N/c1-4-9-13-12(11-7-8-11)10(5-2)6-3/h10-13H,4-9H2,1-3H3. The van der Waals surface area contributed by atoms with Crippen molar-refractivity contribution in [2.24, 2.45) is 11.8 Å². The first-order valence-electron chi connectivity index (χ1n) is 6.06. The molecule has 13 heavy (non-hydrogen) atoms. The van der Waals surface area contributed by atoms with Gasteiger partial charge in [-0.25, -0.2) is 0 Å². The number of hydrogen-bond donors (Lipinski definition) is 1. The normalized spacial score (nSPS) is 19.4. The summed E-state index contributed by atoms with van der Waals surface area (Å²) in [7, 11) is 0. The van der Waals surface area contributed by atoms with Crippen molar-refractivity contribution in [1.29, 1.82) is 0 Å². The Morgan fingerprint density at radius 2 is 1.77 bits per heavy atom. The number of hydrogen-bond acceptors (Lipinski definition) is 1. The molecule has 78 valence electrons. The van der Waals surface area contributed by atoms with Gasteiger partial charge in [0.25, 0.3) is 0 Å². The van der Waals surface area contributed by atoms with Crippen LogP contribution in [0.1, 0.15) is 52.9 Å². The Labute approximate surface area is 83.3 Å². The van der Waals surface area contributed by atoms with E-state index in [0.29, 0.717) is 0 Å². The van der Waals surface area contributed by atoms with E-state index in [0.717, 1.165) is 17.9 Å². The van der Waals surface area contributed by atoms with Gasteiger partial charge in [-0.15, -0.1) is 0 Å². The largest absolute Gasteiger partial charge is 0.313 e. The van der Waals surface area contributed by atoms with E-state index in [9.17, 15) is 0 Å². The van der Waals surface area contributed by atoms with Crippen molar-refractivity contribution in [3.8, 4) is 0 Å². The molecule has 1 N–H and O–H groups in total. The van der Waals surface area contributed by atoms with Gasteiger partial charge in [0, 0.05) is 6.04 Å². The second-order valence-corrected chi connectivity index (χ2v) is 4.39. The van der Waals surface area contributed by atoms with Crippen LogP contribution in [-0.4, -0.2) is 12.6 Å². The van der Waals surface area contributed by atoms with Gasteiger partial charge in [0.05, 0.1) is 0 Å². The van der Waals surface area contributed by atoms with Crippen LogP contribution >= 0.6 is 0 Å². The van der Waals surface area contributed by atoms with Crippen LogP contribution in [0.4, 0.5) is 0 Å². The van der Waals surface area contributed by atoms with Crippen LogP contribution in [0.5, 0.6) is 0 Å². The van der Waals surface area contributed by atoms with E-state index in [1.54, 1.807) is 0 Å². The molecule has 0 spiro atoms. The average molecular weight is 183 g/mol. The van der Waals surface area contributed by atoms with Gasteiger partial charge < -0.3 is 5.32 Å². The van der Waals surface area contributed by atoms with Crippen molar-refractivity contribution in [2.75, 3.05) is 6.54 Å². The summed E-state index contributed by atoms with van der Waals surface area (Å²) in [6.45, 7) is 8.12. The predicted octanol–water partition coefficient (Wildman–Crippen LogP) is 3.20. The van der Waals surface area contributed by atoms with Gasteiger partial charge in [-0.1, -0.05) is 33.6 Å². The van der Waals surface area contributed by atoms with Crippen molar-refractivity contribution in [2.45, 2.75) is 58.9 Å². The van der Waals surface area contributed by atoms with Gasteiger partial charge in [0.2, 0.25) is 0 Å². The van der Waals surface area contributed by atoms with Crippen molar-refractivity contribution < 1.29 is 0 Å². The first kappa shape index (κ1) is 11.0. The van der Waals surface area contributed by atoms with Crippen LogP contribution in [0.3, 0.4) is 0 Å². The highest BCUT2D eigenvalue weighted by Crippen LogP contribution is 2.37. The zero-order valence-corrected chi connectivity index (χ0v) is 9.47. The van der Waals surface area contributed by atoms with Crippen molar-refractivity contribution in [1.82, 2.24) is 5.32 Å². The van der Waals surface area contributed by atoms with Crippen LogP contribution in [0, 0.1) is 11.8 Å². The fraction of sp³-hybridized carbons (Fsp3) is 1.00. The van der Waals surface area contributed by atoms with E-state index >= 15 is 0 Å². The molecule has 0 heterocycles. The van der Waals surface area contributed by atoms with Crippen molar-refractivity contribution >= 4 is 0 Å². The van der Waals surface area contributed by atoms with Crippen molar-refractivity contribution in [3.05, 3.63) is 0 Å². The highest BCUT2D eigenvalue weighted by Gasteiger charge is 2.34. The summed E-state index contributed by atoms with van der Waals surface area (Å²) >= 11 is 0. The Morgan fingerprint density at radius 3 is 2.15 bits per heavy atom. The minimum absolute atomic E-state index is 0.829. The van der Waals surface area contributed by atoms with Crippen LogP contribution < -0.4 is 5.32 Å². The molecule has 1 atom stereocenters. The Hall–Kier alpha value is -0.0400. The van der Waals surface area contributed by atoms with Gasteiger partial charge in [-0.3, -0.25) is 0 Å². The van der Waals surface area contributed by atoms with Gasteiger partial charge in [0.1, 0.15) is 0 Å². The maximum Gasteiger partial charge on any atom is 0.0123 e. The third-order valence-electron chi connectivity index (χ3n) is 3.32. The fourth-order valence-electron chi connectivity index (χ4n) is 2.28. The SMILES string of the molecule is CCCNC(C(CC)CC)C1CC1. The smallest absolute Gasteiger partial charge is 0.0123 e. The summed E-state index contributed by atoms with van der Waals surface area (Å²) in [6.07, 6.45) is 6.89. The van der Waals surface area contributed by atoms with Crippen LogP contribution in [0.2, 0.25) is 0 Å². The fourth-order valence-corrected chi connectivity index (χ4v) is 2.28. The minimum Gasteiger partial charge on any atom is -0.313 e. The maximum absolute atomic E-state index is 3.73. The predicted molar refractivity (Wildman–Crippen MR) is 58.9 cm³/mol. The zero-order chi connectivity index (χ0) is 9.68. The van der Waals surface area contributed by atoms with Gasteiger partial charge >= 0.3 is 0 Å². The molecular formula is C12H25N. The van der Waals surface area contributed by atoms with Gasteiger partial charge in [-0.05, 0) is 37.6 Å². The summed E-state index contributed by atoms with van der Waals surface area (Å²) in [5, 5.41) is 3.73. The van der Waals surface area contributed by atoms with Crippen LogP contribution in [0.15, 0.2) is 0 Å². The topological polar surface area (TPSA) is 12.0 Å². The molecule has 1 fully saturated rings. The Balaban J connectivity index is 2.34. The highest BCUT2D eigenvalue weighted by molar-refractivity contribution is 4.89. The van der Waals surface area contributed by atoms with E-state index in [1.807, 2.05) is 0 Å². The Kier molecular flexibility index (Phi) is 4.79. The van der Waals surface area contributed by atoms with Crippen LogP contribution in [0.25, 0.3) is 0 Å².